The number of aryl methyl sites for hydroxylation is 1. The van der Waals surface area contributed by atoms with Crippen molar-refractivity contribution in [3.63, 3.8) is 0 Å². The van der Waals surface area contributed by atoms with Gasteiger partial charge in [0.15, 0.2) is 0 Å². The zero-order valence-electron chi connectivity index (χ0n) is 11.6. The number of benzene rings is 2. The molecule has 0 bridgehead atoms. The summed E-state index contributed by atoms with van der Waals surface area (Å²) in [5, 5.41) is 14.0. The summed E-state index contributed by atoms with van der Waals surface area (Å²) < 4.78 is 13.8. The van der Waals surface area contributed by atoms with Gasteiger partial charge < -0.3 is 5.32 Å². The van der Waals surface area contributed by atoms with Gasteiger partial charge in [-0.1, -0.05) is 42.5 Å². The third-order valence-electron chi connectivity index (χ3n) is 3.32. The first-order valence-electron chi connectivity index (χ1n) is 6.70. The number of halogens is 1. The van der Waals surface area contributed by atoms with Crippen LogP contribution in [-0.2, 0) is 6.54 Å². The van der Waals surface area contributed by atoms with E-state index < -0.39 is 0 Å². The minimum atomic E-state index is -0.264. The molecule has 0 aliphatic rings. The van der Waals surface area contributed by atoms with Crippen LogP contribution in [0.5, 0.6) is 0 Å². The van der Waals surface area contributed by atoms with Gasteiger partial charge in [-0.25, -0.2) is 4.39 Å². The molecule has 0 aliphatic carbocycles. The number of anilines is 1. The molecular formula is C16H15FN4. The van der Waals surface area contributed by atoms with E-state index in [0.29, 0.717) is 12.2 Å². The van der Waals surface area contributed by atoms with E-state index in [1.165, 1.54) is 6.07 Å². The van der Waals surface area contributed by atoms with E-state index in [-0.39, 0.29) is 5.82 Å². The summed E-state index contributed by atoms with van der Waals surface area (Å²) in [5.74, 6) is -0.264. The second-order valence-corrected chi connectivity index (χ2v) is 4.77. The topological polar surface area (TPSA) is 53.6 Å². The summed E-state index contributed by atoms with van der Waals surface area (Å²) in [6.45, 7) is 2.27. The molecule has 0 amide bonds. The summed E-state index contributed by atoms with van der Waals surface area (Å²) in [6.07, 6.45) is 0. The van der Waals surface area contributed by atoms with Crippen LogP contribution in [0.3, 0.4) is 0 Å². The molecule has 0 aliphatic heterocycles. The van der Waals surface area contributed by atoms with Gasteiger partial charge >= 0.3 is 0 Å². The molecule has 21 heavy (non-hydrogen) atoms. The third kappa shape index (κ3) is 2.76. The van der Waals surface area contributed by atoms with Gasteiger partial charge in [-0.15, -0.1) is 0 Å². The molecule has 2 aromatic carbocycles. The Morgan fingerprint density at radius 3 is 2.62 bits per heavy atom. The van der Waals surface area contributed by atoms with Crippen LogP contribution in [0.1, 0.15) is 11.3 Å². The molecule has 106 valence electrons. The molecule has 1 heterocycles. The van der Waals surface area contributed by atoms with E-state index >= 15 is 0 Å². The maximum Gasteiger partial charge on any atom is 0.146 e. The molecule has 0 radical (unpaired) electrons. The van der Waals surface area contributed by atoms with Gasteiger partial charge in [-0.3, -0.25) is 0 Å². The Morgan fingerprint density at radius 2 is 1.86 bits per heavy atom. The van der Waals surface area contributed by atoms with Crippen LogP contribution in [0.2, 0.25) is 0 Å². The lowest BCUT2D eigenvalue weighted by molar-refractivity contribution is 0.629. The smallest absolute Gasteiger partial charge is 0.146 e. The number of rotatable bonds is 4. The van der Waals surface area contributed by atoms with E-state index in [1.807, 2.05) is 43.3 Å². The molecule has 0 spiro atoms. The largest absolute Gasteiger partial charge is 0.377 e. The standard InChI is InChI=1S/C16H15FN4/c1-11-6-5-9-13(17)15(11)18-10-14-16(20-21-19-14)12-7-3-2-4-8-12/h2-9,18H,10H2,1H3,(H,19,20,21). The molecule has 3 aromatic rings. The molecule has 0 unspecified atom stereocenters. The number of H-pyrrole nitrogens is 1. The average molecular weight is 282 g/mol. The Bertz CT molecular complexity index is 717. The minimum absolute atomic E-state index is 0.264. The van der Waals surface area contributed by atoms with Gasteiger partial charge in [0.25, 0.3) is 0 Å². The van der Waals surface area contributed by atoms with Gasteiger partial charge in [-0.2, -0.15) is 15.4 Å². The number of hydrogen-bond donors (Lipinski definition) is 2. The first kappa shape index (κ1) is 13.3. The van der Waals surface area contributed by atoms with Crippen molar-refractivity contribution in [2.75, 3.05) is 5.32 Å². The van der Waals surface area contributed by atoms with Gasteiger partial charge in [-0.05, 0) is 18.6 Å². The quantitative estimate of drug-likeness (QED) is 0.769. The summed E-state index contributed by atoms with van der Waals surface area (Å²) in [4.78, 5) is 0. The summed E-state index contributed by atoms with van der Waals surface area (Å²) in [6, 6.07) is 14.8. The Hall–Kier alpha value is -2.69. The predicted molar refractivity (Wildman–Crippen MR) is 80.3 cm³/mol. The molecule has 2 N–H and O–H groups in total. The highest BCUT2D eigenvalue weighted by Crippen LogP contribution is 2.22. The fourth-order valence-corrected chi connectivity index (χ4v) is 2.23. The fraction of sp³-hybridized carbons (Fsp3) is 0.125. The lowest BCUT2D eigenvalue weighted by atomic mass is 10.1. The zero-order valence-corrected chi connectivity index (χ0v) is 11.6. The van der Waals surface area contributed by atoms with Gasteiger partial charge in [0, 0.05) is 5.56 Å². The van der Waals surface area contributed by atoms with E-state index in [1.54, 1.807) is 6.07 Å². The number of aromatic amines is 1. The van der Waals surface area contributed by atoms with E-state index in [2.05, 4.69) is 20.7 Å². The third-order valence-corrected chi connectivity index (χ3v) is 3.32. The first-order valence-corrected chi connectivity index (χ1v) is 6.70. The molecular weight excluding hydrogens is 267 g/mol. The normalized spacial score (nSPS) is 10.6. The number of para-hydroxylation sites is 1. The average Bonchev–Trinajstić information content (AvgIpc) is 2.96. The van der Waals surface area contributed by atoms with Crippen LogP contribution in [0.25, 0.3) is 11.3 Å². The molecule has 5 heteroatoms. The highest BCUT2D eigenvalue weighted by Gasteiger charge is 2.11. The second-order valence-electron chi connectivity index (χ2n) is 4.77. The van der Waals surface area contributed by atoms with Gasteiger partial charge in [0.1, 0.15) is 17.2 Å². The van der Waals surface area contributed by atoms with Crippen LogP contribution in [-0.4, -0.2) is 15.4 Å². The monoisotopic (exact) mass is 282 g/mol. The Kier molecular flexibility index (Phi) is 3.64. The maximum absolute atomic E-state index is 13.8. The Morgan fingerprint density at radius 1 is 1.05 bits per heavy atom. The molecule has 0 saturated heterocycles. The van der Waals surface area contributed by atoms with Crippen LogP contribution < -0.4 is 5.32 Å². The number of aromatic nitrogens is 3. The lowest BCUT2D eigenvalue weighted by Gasteiger charge is -2.09. The van der Waals surface area contributed by atoms with Crippen molar-refractivity contribution >= 4 is 5.69 Å². The number of hydrogen-bond acceptors (Lipinski definition) is 3. The molecule has 0 saturated carbocycles. The molecule has 0 atom stereocenters. The van der Waals surface area contributed by atoms with Crippen molar-refractivity contribution < 1.29 is 4.39 Å². The van der Waals surface area contributed by atoms with Crippen LogP contribution >= 0.6 is 0 Å². The SMILES string of the molecule is Cc1cccc(F)c1NCc1n[nH]nc1-c1ccccc1. The first-order chi connectivity index (χ1) is 10.3. The van der Waals surface area contributed by atoms with Crippen molar-refractivity contribution in [2.24, 2.45) is 0 Å². The van der Waals surface area contributed by atoms with E-state index in [9.17, 15) is 4.39 Å². The van der Waals surface area contributed by atoms with Crippen molar-refractivity contribution in [1.29, 1.82) is 0 Å². The number of nitrogens with zero attached hydrogens (tertiary/aromatic N) is 2. The molecule has 0 fully saturated rings. The Labute approximate surface area is 122 Å². The van der Waals surface area contributed by atoms with E-state index in [0.717, 1.165) is 22.5 Å². The van der Waals surface area contributed by atoms with Crippen molar-refractivity contribution in [3.8, 4) is 11.3 Å². The number of nitrogens with one attached hydrogen (secondary N) is 2. The summed E-state index contributed by atoms with van der Waals surface area (Å²) in [7, 11) is 0. The maximum atomic E-state index is 13.8. The van der Waals surface area contributed by atoms with Crippen molar-refractivity contribution in [2.45, 2.75) is 13.5 Å². The lowest BCUT2D eigenvalue weighted by Crippen LogP contribution is -2.04. The van der Waals surface area contributed by atoms with Crippen molar-refractivity contribution in [3.05, 3.63) is 65.6 Å². The molecule has 4 nitrogen and oxygen atoms in total. The highest BCUT2D eigenvalue weighted by molar-refractivity contribution is 5.62. The summed E-state index contributed by atoms with van der Waals surface area (Å²) in [5.41, 5.74) is 3.87. The van der Waals surface area contributed by atoms with Gasteiger partial charge in [0.2, 0.25) is 0 Å². The van der Waals surface area contributed by atoms with Crippen LogP contribution in [0.15, 0.2) is 48.5 Å². The van der Waals surface area contributed by atoms with Crippen molar-refractivity contribution in [1.82, 2.24) is 15.4 Å². The van der Waals surface area contributed by atoms with Gasteiger partial charge in [0.05, 0.1) is 12.2 Å². The second kappa shape index (κ2) is 5.75. The van der Waals surface area contributed by atoms with Crippen LogP contribution in [0.4, 0.5) is 10.1 Å². The molecule has 3 rings (SSSR count). The Balaban J connectivity index is 1.83. The highest BCUT2D eigenvalue weighted by atomic mass is 19.1. The van der Waals surface area contributed by atoms with Crippen LogP contribution in [0, 0.1) is 12.7 Å². The zero-order chi connectivity index (χ0) is 14.7. The molecule has 1 aromatic heterocycles. The minimum Gasteiger partial charge on any atom is -0.377 e. The predicted octanol–water partition coefficient (Wildman–Crippen LogP) is 3.53. The van der Waals surface area contributed by atoms with E-state index in [4.69, 9.17) is 0 Å². The summed E-state index contributed by atoms with van der Waals surface area (Å²) >= 11 is 0. The fourth-order valence-electron chi connectivity index (χ4n) is 2.23.